The number of hydrogen-bond acceptors (Lipinski definition) is 4. The van der Waals surface area contributed by atoms with E-state index in [2.05, 4.69) is 27.1 Å². The first-order chi connectivity index (χ1) is 12.1. The van der Waals surface area contributed by atoms with Crippen molar-refractivity contribution in [3.8, 4) is 11.4 Å². The molecule has 5 nitrogen and oxygen atoms in total. The van der Waals surface area contributed by atoms with Gasteiger partial charge in [-0.3, -0.25) is 0 Å². The lowest BCUT2D eigenvalue weighted by Crippen LogP contribution is -1.98. The smallest absolute Gasteiger partial charge is 0.191 e. The van der Waals surface area contributed by atoms with Gasteiger partial charge in [-0.1, -0.05) is 35.5 Å². The van der Waals surface area contributed by atoms with E-state index in [0.29, 0.717) is 5.02 Å². The highest BCUT2D eigenvalue weighted by molar-refractivity contribution is 7.99. The van der Waals surface area contributed by atoms with Crippen molar-refractivity contribution in [3.63, 3.8) is 0 Å². The molecule has 7 heteroatoms. The molecule has 0 fully saturated rings. The molecule has 4 rings (SSSR count). The quantitative estimate of drug-likeness (QED) is 0.521. The SMILES string of the molecule is C[C@H](Sc1nnc(-c2ccc(Cl)cc2)n1C)c1nc2ccccc2[nH]1. The van der Waals surface area contributed by atoms with Crippen LogP contribution < -0.4 is 0 Å². The lowest BCUT2D eigenvalue weighted by molar-refractivity contribution is 0.788. The van der Waals surface area contributed by atoms with Crippen LogP contribution >= 0.6 is 23.4 Å². The largest absolute Gasteiger partial charge is 0.341 e. The summed E-state index contributed by atoms with van der Waals surface area (Å²) < 4.78 is 1.99. The molecule has 0 radical (unpaired) electrons. The molecule has 1 atom stereocenters. The summed E-state index contributed by atoms with van der Waals surface area (Å²) in [6, 6.07) is 15.6. The molecule has 2 aromatic heterocycles. The van der Waals surface area contributed by atoms with Gasteiger partial charge in [0.05, 0.1) is 16.3 Å². The van der Waals surface area contributed by atoms with E-state index >= 15 is 0 Å². The third kappa shape index (κ3) is 3.15. The molecule has 0 aliphatic heterocycles. The fraction of sp³-hybridized carbons (Fsp3) is 0.167. The average molecular weight is 370 g/mol. The number of benzene rings is 2. The van der Waals surface area contributed by atoms with Crippen LogP contribution in [0.5, 0.6) is 0 Å². The van der Waals surface area contributed by atoms with E-state index in [1.165, 1.54) is 0 Å². The summed E-state index contributed by atoms with van der Waals surface area (Å²) in [5, 5.41) is 10.3. The van der Waals surface area contributed by atoms with Gasteiger partial charge in [0.15, 0.2) is 11.0 Å². The van der Waals surface area contributed by atoms with Gasteiger partial charge in [-0.05, 0) is 43.3 Å². The molecular weight excluding hydrogens is 354 g/mol. The summed E-state index contributed by atoms with van der Waals surface area (Å²) in [7, 11) is 1.97. The second-order valence-electron chi connectivity index (χ2n) is 5.77. The Morgan fingerprint density at radius 3 is 2.60 bits per heavy atom. The third-order valence-electron chi connectivity index (χ3n) is 4.01. The van der Waals surface area contributed by atoms with E-state index in [1.807, 2.05) is 60.1 Å². The summed E-state index contributed by atoms with van der Waals surface area (Å²) in [5.41, 5.74) is 3.01. The second kappa shape index (κ2) is 6.54. The van der Waals surface area contributed by atoms with Crippen molar-refractivity contribution in [1.29, 1.82) is 0 Å². The van der Waals surface area contributed by atoms with Gasteiger partial charge < -0.3 is 9.55 Å². The molecule has 0 unspecified atom stereocenters. The van der Waals surface area contributed by atoms with Gasteiger partial charge in [0.25, 0.3) is 0 Å². The molecule has 0 spiro atoms. The summed E-state index contributed by atoms with van der Waals surface area (Å²) in [5.74, 6) is 1.75. The zero-order chi connectivity index (χ0) is 17.4. The molecule has 4 aromatic rings. The summed E-state index contributed by atoms with van der Waals surface area (Å²) in [6.45, 7) is 2.11. The van der Waals surface area contributed by atoms with Gasteiger partial charge >= 0.3 is 0 Å². The molecule has 0 bridgehead atoms. The molecule has 0 amide bonds. The second-order valence-corrected chi connectivity index (χ2v) is 7.52. The Morgan fingerprint density at radius 1 is 1.08 bits per heavy atom. The van der Waals surface area contributed by atoms with Crippen LogP contribution in [0.15, 0.2) is 53.7 Å². The fourth-order valence-electron chi connectivity index (χ4n) is 2.65. The Labute approximate surface area is 154 Å². The lowest BCUT2D eigenvalue weighted by atomic mass is 10.2. The zero-order valence-corrected chi connectivity index (χ0v) is 15.3. The van der Waals surface area contributed by atoms with E-state index in [9.17, 15) is 0 Å². The highest BCUT2D eigenvalue weighted by Gasteiger charge is 2.17. The van der Waals surface area contributed by atoms with Crippen molar-refractivity contribution < 1.29 is 0 Å². The molecule has 2 heterocycles. The van der Waals surface area contributed by atoms with Gasteiger partial charge in [0.2, 0.25) is 0 Å². The van der Waals surface area contributed by atoms with Crippen LogP contribution in [-0.4, -0.2) is 24.7 Å². The molecule has 25 heavy (non-hydrogen) atoms. The Morgan fingerprint density at radius 2 is 1.84 bits per heavy atom. The van der Waals surface area contributed by atoms with Crippen LogP contribution in [0.25, 0.3) is 22.4 Å². The topological polar surface area (TPSA) is 59.4 Å². The predicted molar refractivity (Wildman–Crippen MR) is 102 cm³/mol. The Bertz CT molecular complexity index is 989. The fourth-order valence-corrected chi connectivity index (χ4v) is 3.64. The Kier molecular flexibility index (Phi) is 4.23. The van der Waals surface area contributed by atoms with E-state index in [0.717, 1.165) is 33.4 Å². The number of para-hydroxylation sites is 2. The minimum Gasteiger partial charge on any atom is -0.341 e. The normalized spacial score (nSPS) is 12.6. The Hall–Kier alpha value is -2.31. The average Bonchev–Trinajstić information content (AvgIpc) is 3.20. The monoisotopic (exact) mass is 369 g/mol. The number of halogens is 1. The third-order valence-corrected chi connectivity index (χ3v) is 5.41. The van der Waals surface area contributed by atoms with Crippen molar-refractivity contribution in [1.82, 2.24) is 24.7 Å². The highest BCUT2D eigenvalue weighted by atomic mass is 35.5. The van der Waals surface area contributed by atoms with Gasteiger partial charge in [0.1, 0.15) is 5.82 Å². The van der Waals surface area contributed by atoms with E-state index in [1.54, 1.807) is 11.8 Å². The molecule has 0 aliphatic carbocycles. The van der Waals surface area contributed by atoms with E-state index in [4.69, 9.17) is 11.6 Å². The van der Waals surface area contributed by atoms with Crippen LogP contribution in [0.3, 0.4) is 0 Å². The van der Waals surface area contributed by atoms with Gasteiger partial charge in [-0.15, -0.1) is 10.2 Å². The molecule has 0 saturated carbocycles. The summed E-state index contributed by atoms with van der Waals surface area (Å²) in [4.78, 5) is 8.04. The molecule has 0 aliphatic rings. The number of aromatic amines is 1. The first kappa shape index (κ1) is 16.2. The van der Waals surface area contributed by atoms with Gasteiger partial charge in [-0.25, -0.2) is 4.98 Å². The Balaban J connectivity index is 1.59. The van der Waals surface area contributed by atoms with Crippen LogP contribution in [0.4, 0.5) is 0 Å². The standard InChI is InChI=1S/C18H16ClN5S/c1-11(16-20-14-5-3-4-6-15(14)21-16)25-18-23-22-17(24(18)2)12-7-9-13(19)10-8-12/h3-11H,1-2H3,(H,20,21)/t11-/m0/s1. The summed E-state index contributed by atoms with van der Waals surface area (Å²) in [6.07, 6.45) is 0. The maximum absolute atomic E-state index is 5.96. The van der Waals surface area contributed by atoms with E-state index < -0.39 is 0 Å². The number of imidazole rings is 1. The number of fused-ring (bicyclic) bond motifs is 1. The van der Waals surface area contributed by atoms with Crippen LogP contribution in [0.2, 0.25) is 5.02 Å². The number of nitrogens with zero attached hydrogens (tertiary/aromatic N) is 4. The molecule has 1 N–H and O–H groups in total. The van der Waals surface area contributed by atoms with Gasteiger partial charge in [-0.2, -0.15) is 0 Å². The number of aromatic nitrogens is 5. The van der Waals surface area contributed by atoms with Crippen molar-refractivity contribution in [2.75, 3.05) is 0 Å². The minimum atomic E-state index is 0.133. The van der Waals surface area contributed by atoms with Crippen LogP contribution in [0, 0.1) is 0 Å². The summed E-state index contributed by atoms with van der Waals surface area (Å²) >= 11 is 7.58. The number of nitrogens with one attached hydrogen (secondary N) is 1. The number of H-pyrrole nitrogens is 1. The maximum atomic E-state index is 5.96. The molecule has 2 aromatic carbocycles. The first-order valence-electron chi connectivity index (χ1n) is 7.88. The maximum Gasteiger partial charge on any atom is 0.191 e. The molecular formula is C18H16ClN5S. The van der Waals surface area contributed by atoms with Crippen molar-refractivity contribution in [2.45, 2.75) is 17.3 Å². The molecule has 0 saturated heterocycles. The number of rotatable bonds is 4. The van der Waals surface area contributed by atoms with Crippen molar-refractivity contribution >= 4 is 34.4 Å². The predicted octanol–water partition coefficient (Wildman–Crippen LogP) is 4.87. The van der Waals surface area contributed by atoms with Gasteiger partial charge in [0, 0.05) is 17.6 Å². The highest BCUT2D eigenvalue weighted by Crippen LogP contribution is 2.34. The number of hydrogen-bond donors (Lipinski definition) is 1. The molecule has 126 valence electrons. The zero-order valence-electron chi connectivity index (χ0n) is 13.8. The van der Waals surface area contributed by atoms with Crippen LogP contribution in [0.1, 0.15) is 18.0 Å². The van der Waals surface area contributed by atoms with E-state index in [-0.39, 0.29) is 5.25 Å². The van der Waals surface area contributed by atoms with Crippen molar-refractivity contribution in [2.24, 2.45) is 7.05 Å². The lowest BCUT2D eigenvalue weighted by Gasteiger charge is -2.08. The van der Waals surface area contributed by atoms with Crippen molar-refractivity contribution in [3.05, 3.63) is 59.4 Å². The first-order valence-corrected chi connectivity index (χ1v) is 9.14. The minimum absolute atomic E-state index is 0.133. The number of thioether (sulfide) groups is 1. The van der Waals surface area contributed by atoms with Crippen LogP contribution in [-0.2, 0) is 7.05 Å².